The van der Waals surface area contributed by atoms with Crippen LogP contribution in [0.1, 0.15) is 5.56 Å². The van der Waals surface area contributed by atoms with Crippen molar-refractivity contribution in [2.45, 2.75) is 18.5 Å². The number of aromatic nitrogens is 1. The second-order valence-corrected chi connectivity index (χ2v) is 5.89. The van der Waals surface area contributed by atoms with Crippen molar-refractivity contribution in [2.75, 3.05) is 12.3 Å². The highest BCUT2D eigenvalue weighted by Gasteiger charge is 2.22. The zero-order valence-corrected chi connectivity index (χ0v) is 14.3. The normalized spacial score (nSPS) is 13.2. The van der Waals surface area contributed by atoms with Crippen LogP contribution < -0.4 is 16.4 Å². The van der Waals surface area contributed by atoms with E-state index in [1.54, 1.807) is 6.20 Å². The van der Waals surface area contributed by atoms with Gasteiger partial charge in [0.15, 0.2) is 0 Å². The Balaban J connectivity index is 1.98. The molecule has 0 spiro atoms. The fourth-order valence-electron chi connectivity index (χ4n) is 2.35. The number of aromatic amines is 1. The first-order valence-corrected chi connectivity index (χ1v) is 8.27. The maximum atomic E-state index is 11.9. The number of hydrogen-bond acceptors (Lipinski definition) is 5. The number of para-hydroxylation sites is 1. The predicted molar refractivity (Wildman–Crippen MR) is 96.4 cm³/mol. The molecule has 6 N–H and O–H groups in total. The van der Waals surface area contributed by atoms with Crippen molar-refractivity contribution in [1.29, 1.82) is 0 Å². The number of nitrogens with one attached hydrogen (secondary N) is 3. The minimum Gasteiger partial charge on any atom is -0.480 e. The maximum absolute atomic E-state index is 11.9. The molecule has 0 fully saturated rings. The molecule has 1 heterocycles. The van der Waals surface area contributed by atoms with Crippen LogP contribution in [-0.2, 0) is 20.8 Å². The Kier molecular flexibility index (Phi) is 6.43. The molecule has 134 valence electrons. The lowest BCUT2D eigenvalue weighted by Crippen LogP contribution is -2.49. The molecule has 0 radical (unpaired) electrons. The molecule has 2 rings (SSSR count). The van der Waals surface area contributed by atoms with E-state index in [1.807, 2.05) is 24.3 Å². The molecular formula is C16H20N4O4S. The first-order chi connectivity index (χ1) is 11.9. The van der Waals surface area contributed by atoms with Gasteiger partial charge in [-0.2, -0.15) is 12.6 Å². The van der Waals surface area contributed by atoms with Crippen molar-refractivity contribution in [3.63, 3.8) is 0 Å². The van der Waals surface area contributed by atoms with Gasteiger partial charge in [-0.25, -0.2) is 4.79 Å². The molecule has 2 atom stereocenters. The summed E-state index contributed by atoms with van der Waals surface area (Å²) in [5, 5.41) is 15.0. The molecule has 0 saturated carbocycles. The maximum Gasteiger partial charge on any atom is 0.326 e. The van der Waals surface area contributed by atoms with Gasteiger partial charge in [-0.1, -0.05) is 18.2 Å². The van der Waals surface area contributed by atoms with E-state index < -0.39 is 29.9 Å². The van der Waals surface area contributed by atoms with Gasteiger partial charge in [0.25, 0.3) is 0 Å². The summed E-state index contributed by atoms with van der Waals surface area (Å²) in [6, 6.07) is 5.56. The number of carbonyl (C=O) groups excluding carboxylic acids is 2. The summed E-state index contributed by atoms with van der Waals surface area (Å²) in [6.45, 7) is -0.349. The number of aliphatic carboxylic acids is 1. The summed E-state index contributed by atoms with van der Waals surface area (Å²) in [4.78, 5) is 37.9. The summed E-state index contributed by atoms with van der Waals surface area (Å²) in [5.74, 6) is -2.14. The number of carboxylic acid groups (broad SMARTS) is 1. The quantitative estimate of drug-likeness (QED) is 0.356. The number of nitrogens with two attached hydrogens (primary N) is 1. The minimum absolute atomic E-state index is 0.120. The minimum atomic E-state index is -1.16. The van der Waals surface area contributed by atoms with Crippen molar-refractivity contribution in [3.8, 4) is 0 Å². The highest BCUT2D eigenvalue weighted by atomic mass is 32.1. The first-order valence-electron chi connectivity index (χ1n) is 7.63. The zero-order chi connectivity index (χ0) is 18.4. The van der Waals surface area contributed by atoms with Crippen LogP contribution in [0, 0.1) is 0 Å². The van der Waals surface area contributed by atoms with Crippen molar-refractivity contribution in [2.24, 2.45) is 5.73 Å². The summed E-state index contributed by atoms with van der Waals surface area (Å²) >= 11 is 3.89. The number of fused-ring (bicyclic) bond motifs is 1. The molecule has 1 aromatic heterocycles. The van der Waals surface area contributed by atoms with E-state index in [4.69, 9.17) is 5.73 Å². The van der Waals surface area contributed by atoms with Crippen LogP contribution in [0.4, 0.5) is 0 Å². The van der Waals surface area contributed by atoms with Crippen LogP contribution in [0.2, 0.25) is 0 Å². The van der Waals surface area contributed by atoms with Gasteiger partial charge >= 0.3 is 5.97 Å². The lowest BCUT2D eigenvalue weighted by atomic mass is 10.0. The second kappa shape index (κ2) is 8.54. The van der Waals surface area contributed by atoms with Crippen molar-refractivity contribution in [1.82, 2.24) is 15.6 Å². The predicted octanol–water partition coefficient (Wildman–Crippen LogP) is -0.347. The van der Waals surface area contributed by atoms with Gasteiger partial charge in [0.1, 0.15) is 6.04 Å². The van der Waals surface area contributed by atoms with Gasteiger partial charge in [-0.05, 0) is 11.6 Å². The first kappa shape index (κ1) is 18.8. The Morgan fingerprint density at radius 3 is 2.68 bits per heavy atom. The van der Waals surface area contributed by atoms with Gasteiger partial charge < -0.3 is 26.5 Å². The second-order valence-electron chi connectivity index (χ2n) is 5.53. The van der Waals surface area contributed by atoms with E-state index in [9.17, 15) is 19.5 Å². The lowest BCUT2D eigenvalue weighted by Gasteiger charge is -2.15. The number of H-pyrrole nitrogens is 1. The number of thiol groups is 1. The number of hydrogen-bond donors (Lipinski definition) is 6. The van der Waals surface area contributed by atoms with E-state index >= 15 is 0 Å². The van der Waals surface area contributed by atoms with Crippen LogP contribution in [0.15, 0.2) is 30.5 Å². The SMILES string of the molecule is N[C@@H](CS)C(=O)NCC(=O)N[C@@H](Cc1c[nH]c2ccccc12)C(=O)O. The number of carboxylic acids is 1. The van der Waals surface area contributed by atoms with Gasteiger partial charge in [-0.15, -0.1) is 0 Å². The third-order valence-corrected chi connectivity index (χ3v) is 4.08. The standard InChI is InChI=1S/C16H20N4O4S/c17-11(8-25)15(22)19-7-14(21)20-13(16(23)24)5-9-6-18-12-4-2-1-3-10(9)12/h1-4,6,11,13,18,25H,5,7-8,17H2,(H,19,22)(H,20,21)(H,23,24)/t11-,13-/m0/s1. The third-order valence-electron chi connectivity index (χ3n) is 3.69. The van der Waals surface area contributed by atoms with Crippen LogP contribution >= 0.6 is 12.6 Å². The fraction of sp³-hybridized carbons (Fsp3) is 0.312. The van der Waals surface area contributed by atoms with Crippen LogP contribution in [-0.4, -0.2) is 52.3 Å². The molecule has 9 heteroatoms. The number of carbonyl (C=O) groups is 3. The Morgan fingerprint density at radius 2 is 2.00 bits per heavy atom. The summed E-state index contributed by atoms with van der Waals surface area (Å²) in [7, 11) is 0. The van der Waals surface area contributed by atoms with E-state index in [0.29, 0.717) is 0 Å². The largest absolute Gasteiger partial charge is 0.480 e. The van der Waals surface area contributed by atoms with Gasteiger partial charge in [-0.3, -0.25) is 9.59 Å². The van der Waals surface area contributed by atoms with Crippen LogP contribution in [0.25, 0.3) is 10.9 Å². The van der Waals surface area contributed by atoms with E-state index in [1.165, 1.54) is 0 Å². The molecule has 1 aromatic carbocycles. The molecule has 0 bridgehead atoms. The molecule has 0 aliphatic carbocycles. The molecule has 0 aliphatic heterocycles. The smallest absolute Gasteiger partial charge is 0.326 e. The number of amides is 2. The van der Waals surface area contributed by atoms with Gasteiger partial charge in [0.2, 0.25) is 11.8 Å². The van der Waals surface area contributed by atoms with Crippen molar-refractivity contribution >= 4 is 41.3 Å². The number of benzene rings is 1. The Morgan fingerprint density at radius 1 is 1.28 bits per heavy atom. The molecule has 0 saturated heterocycles. The molecule has 8 nitrogen and oxygen atoms in total. The topological polar surface area (TPSA) is 137 Å². The average molecular weight is 364 g/mol. The fourth-order valence-corrected chi connectivity index (χ4v) is 2.51. The van der Waals surface area contributed by atoms with Gasteiger partial charge in [0.05, 0.1) is 12.6 Å². The molecule has 25 heavy (non-hydrogen) atoms. The van der Waals surface area contributed by atoms with Crippen LogP contribution in [0.5, 0.6) is 0 Å². The summed E-state index contributed by atoms with van der Waals surface area (Å²) < 4.78 is 0. The third kappa shape index (κ3) is 4.97. The lowest BCUT2D eigenvalue weighted by molar-refractivity contribution is -0.141. The molecule has 2 aromatic rings. The van der Waals surface area contributed by atoms with Crippen molar-refractivity contribution in [3.05, 3.63) is 36.0 Å². The average Bonchev–Trinajstić information content (AvgIpc) is 3.01. The highest BCUT2D eigenvalue weighted by molar-refractivity contribution is 7.80. The number of rotatable bonds is 8. The summed E-state index contributed by atoms with van der Waals surface area (Å²) in [5.41, 5.74) is 7.15. The zero-order valence-electron chi connectivity index (χ0n) is 13.4. The Labute approximate surface area is 149 Å². The molecular weight excluding hydrogens is 344 g/mol. The van der Waals surface area contributed by atoms with Crippen LogP contribution in [0.3, 0.4) is 0 Å². The Hall–Kier alpha value is -2.52. The summed E-state index contributed by atoms with van der Waals surface area (Å²) in [6.07, 6.45) is 1.84. The molecule has 0 unspecified atom stereocenters. The van der Waals surface area contributed by atoms with Crippen molar-refractivity contribution < 1.29 is 19.5 Å². The van der Waals surface area contributed by atoms with Gasteiger partial charge in [0, 0.05) is 29.3 Å². The monoisotopic (exact) mass is 364 g/mol. The molecule has 2 amide bonds. The van der Waals surface area contributed by atoms with E-state index in [-0.39, 0.29) is 18.7 Å². The van der Waals surface area contributed by atoms with E-state index in [2.05, 4.69) is 28.2 Å². The molecule has 0 aliphatic rings. The highest BCUT2D eigenvalue weighted by Crippen LogP contribution is 2.19. The Bertz CT molecular complexity index is 776. The van der Waals surface area contributed by atoms with E-state index in [0.717, 1.165) is 16.5 Å².